The van der Waals surface area contributed by atoms with Crippen LogP contribution in [0.3, 0.4) is 0 Å². The van der Waals surface area contributed by atoms with Crippen LogP contribution in [0.4, 0.5) is 0 Å². The lowest BCUT2D eigenvalue weighted by Gasteiger charge is -2.28. The van der Waals surface area contributed by atoms with Gasteiger partial charge in [0, 0.05) is 32.9 Å². The number of nitrogens with two attached hydrogens (primary N) is 1. The molecule has 24 heavy (non-hydrogen) atoms. The van der Waals surface area contributed by atoms with E-state index in [4.69, 9.17) is 19.0 Å². The van der Waals surface area contributed by atoms with E-state index in [9.17, 15) is 0 Å². The highest BCUT2D eigenvalue weighted by molar-refractivity contribution is 6.60. The number of rotatable bonds is 15. The van der Waals surface area contributed by atoms with Crippen molar-refractivity contribution in [2.75, 3.05) is 21.3 Å². The van der Waals surface area contributed by atoms with E-state index in [-0.39, 0.29) is 17.9 Å². The van der Waals surface area contributed by atoms with Gasteiger partial charge >= 0.3 is 8.80 Å². The molecule has 0 saturated heterocycles. The Labute approximate surface area is 158 Å². The molecular weight excluding hydrogens is 342 g/mol. The highest BCUT2D eigenvalue weighted by Gasteiger charge is 2.37. The molecule has 0 saturated carbocycles. The summed E-state index contributed by atoms with van der Waals surface area (Å²) in [5, 5.41) is 0. The van der Waals surface area contributed by atoms with Crippen LogP contribution < -0.4 is 5.73 Å². The number of hydrogen-bond acceptors (Lipinski definition) is 4. The summed E-state index contributed by atoms with van der Waals surface area (Å²) in [5.74, 6) is 0.689. The van der Waals surface area contributed by atoms with Crippen LogP contribution in [0.2, 0.25) is 6.04 Å². The first kappa shape index (κ1) is 26.6. The molecule has 2 N–H and O–H groups in total. The Morgan fingerprint density at radius 2 is 1.38 bits per heavy atom. The molecule has 4 nitrogen and oxygen atoms in total. The fourth-order valence-electron chi connectivity index (χ4n) is 3.29. The Morgan fingerprint density at radius 1 is 0.875 bits per heavy atom. The summed E-state index contributed by atoms with van der Waals surface area (Å²) in [5.41, 5.74) is 6.17. The molecule has 1 atom stereocenters. The summed E-state index contributed by atoms with van der Waals surface area (Å²) in [6.45, 7) is 6.53. The highest BCUT2D eigenvalue weighted by atomic mass is 35.5. The Bertz CT molecular complexity index is 276. The van der Waals surface area contributed by atoms with E-state index >= 15 is 0 Å². The highest BCUT2D eigenvalue weighted by Crippen LogP contribution is 2.27. The monoisotopic (exact) mass is 383 g/mol. The molecule has 0 aromatic heterocycles. The molecular formula is C18H42ClNO3Si. The lowest BCUT2D eigenvalue weighted by atomic mass is 9.85. The summed E-state index contributed by atoms with van der Waals surface area (Å²) >= 11 is 0. The molecule has 1 unspecified atom stereocenters. The van der Waals surface area contributed by atoms with Gasteiger partial charge < -0.3 is 19.0 Å². The first-order valence-electron chi connectivity index (χ1n) is 9.26. The van der Waals surface area contributed by atoms with Crippen molar-refractivity contribution in [2.24, 2.45) is 11.7 Å². The molecule has 0 amide bonds. The fraction of sp³-hybridized carbons (Fsp3) is 1.00. The lowest BCUT2D eigenvalue weighted by molar-refractivity contribution is 0.122. The van der Waals surface area contributed by atoms with E-state index in [2.05, 4.69) is 20.8 Å². The second kappa shape index (κ2) is 14.5. The van der Waals surface area contributed by atoms with Crippen LogP contribution in [0.1, 0.15) is 78.6 Å². The molecule has 0 aromatic rings. The van der Waals surface area contributed by atoms with Gasteiger partial charge in [0.25, 0.3) is 0 Å². The third kappa shape index (κ3) is 12.7. The van der Waals surface area contributed by atoms with E-state index in [1.165, 1.54) is 44.9 Å². The van der Waals surface area contributed by atoms with Crippen LogP contribution in [-0.4, -0.2) is 35.7 Å². The topological polar surface area (TPSA) is 53.7 Å². The molecule has 0 heterocycles. The largest absolute Gasteiger partial charge is 0.500 e. The maximum absolute atomic E-state index is 6.26. The second-order valence-electron chi connectivity index (χ2n) is 7.45. The molecule has 0 spiro atoms. The van der Waals surface area contributed by atoms with Gasteiger partial charge in [0.2, 0.25) is 0 Å². The minimum absolute atomic E-state index is 0. The second-order valence-corrected chi connectivity index (χ2v) is 10.5. The Balaban J connectivity index is 0. The fourth-order valence-corrected chi connectivity index (χ4v) is 5.04. The van der Waals surface area contributed by atoms with Gasteiger partial charge in [-0.1, -0.05) is 51.9 Å². The van der Waals surface area contributed by atoms with Crippen molar-refractivity contribution in [3.63, 3.8) is 0 Å². The van der Waals surface area contributed by atoms with E-state index in [0.717, 1.165) is 18.9 Å². The van der Waals surface area contributed by atoms with Crippen molar-refractivity contribution in [1.29, 1.82) is 0 Å². The van der Waals surface area contributed by atoms with Crippen LogP contribution in [0, 0.1) is 5.92 Å². The third-order valence-corrected chi connectivity index (χ3v) is 7.39. The van der Waals surface area contributed by atoms with E-state index in [1.54, 1.807) is 21.3 Å². The average molecular weight is 384 g/mol. The van der Waals surface area contributed by atoms with Crippen LogP contribution in [0.25, 0.3) is 0 Å². The molecule has 0 bridgehead atoms. The maximum atomic E-state index is 6.26. The Kier molecular flexibility index (Phi) is 16.1. The van der Waals surface area contributed by atoms with E-state index < -0.39 is 8.80 Å². The molecule has 0 aromatic carbocycles. The van der Waals surface area contributed by atoms with Gasteiger partial charge in [0.05, 0.1) is 0 Å². The first-order chi connectivity index (χ1) is 10.8. The van der Waals surface area contributed by atoms with E-state index in [0.29, 0.717) is 5.92 Å². The van der Waals surface area contributed by atoms with Gasteiger partial charge in [-0.3, -0.25) is 0 Å². The van der Waals surface area contributed by atoms with Crippen molar-refractivity contribution in [3.8, 4) is 0 Å². The molecule has 0 fully saturated rings. The SMILES string of the molecule is CCCCCCCC(CCC[Si](OC)(OC)OC)CC(C)(C)N.Cl. The predicted octanol–water partition coefficient (Wildman–Crippen LogP) is 5.17. The summed E-state index contributed by atoms with van der Waals surface area (Å²) in [6.07, 6.45) is 11.3. The Morgan fingerprint density at radius 3 is 1.83 bits per heavy atom. The first-order valence-corrected chi connectivity index (χ1v) is 11.2. The van der Waals surface area contributed by atoms with Crippen LogP contribution in [-0.2, 0) is 13.3 Å². The minimum atomic E-state index is -2.42. The Hall–Kier alpha value is 0.347. The third-order valence-electron chi connectivity index (χ3n) is 4.56. The van der Waals surface area contributed by atoms with Crippen LogP contribution in [0.5, 0.6) is 0 Å². The smallest absolute Gasteiger partial charge is 0.377 e. The van der Waals surface area contributed by atoms with Gasteiger partial charge in [-0.05, 0) is 32.6 Å². The molecule has 0 radical (unpaired) electrons. The maximum Gasteiger partial charge on any atom is 0.500 e. The minimum Gasteiger partial charge on any atom is -0.377 e. The van der Waals surface area contributed by atoms with Gasteiger partial charge in [-0.25, -0.2) is 0 Å². The summed E-state index contributed by atoms with van der Waals surface area (Å²) in [6, 6.07) is 0.883. The summed E-state index contributed by atoms with van der Waals surface area (Å²) in [4.78, 5) is 0. The van der Waals surface area contributed by atoms with Gasteiger partial charge in [0.15, 0.2) is 0 Å². The number of hydrogen-bond donors (Lipinski definition) is 1. The van der Waals surface area contributed by atoms with Gasteiger partial charge in [0.1, 0.15) is 0 Å². The van der Waals surface area contributed by atoms with Crippen molar-refractivity contribution in [1.82, 2.24) is 0 Å². The molecule has 0 rings (SSSR count). The van der Waals surface area contributed by atoms with Gasteiger partial charge in [-0.15, -0.1) is 12.4 Å². The zero-order valence-corrected chi connectivity index (χ0v) is 18.7. The molecule has 0 aliphatic rings. The standard InChI is InChI=1S/C18H41NO3Si.ClH/c1-7-8-9-10-11-13-17(16-18(2,3)19)14-12-15-23(20-4,21-5)22-6;/h17H,7-16,19H2,1-6H3;1H. The summed E-state index contributed by atoms with van der Waals surface area (Å²) < 4.78 is 16.5. The summed E-state index contributed by atoms with van der Waals surface area (Å²) in [7, 11) is 2.64. The van der Waals surface area contributed by atoms with Crippen molar-refractivity contribution >= 4 is 21.2 Å². The predicted molar refractivity (Wildman–Crippen MR) is 108 cm³/mol. The molecule has 6 heteroatoms. The quantitative estimate of drug-likeness (QED) is 0.313. The molecule has 0 aliphatic heterocycles. The van der Waals surface area contributed by atoms with Crippen molar-refractivity contribution < 1.29 is 13.3 Å². The van der Waals surface area contributed by atoms with Gasteiger partial charge in [-0.2, -0.15) is 0 Å². The zero-order valence-electron chi connectivity index (χ0n) is 16.9. The molecule has 0 aliphatic carbocycles. The van der Waals surface area contributed by atoms with Crippen LogP contribution in [0.15, 0.2) is 0 Å². The lowest BCUT2D eigenvalue weighted by Crippen LogP contribution is -2.42. The zero-order chi connectivity index (χ0) is 17.8. The van der Waals surface area contributed by atoms with Crippen molar-refractivity contribution in [2.45, 2.75) is 90.1 Å². The van der Waals surface area contributed by atoms with E-state index in [1.807, 2.05) is 0 Å². The molecule has 148 valence electrons. The van der Waals surface area contributed by atoms with Crippen LogP contribution >= 0.6 is 12.4 Å². The normalized spacial score (nSPS) is 13.6. The number of unbranched alkanes of at least 4 members (excludes halogenated alkanes) is 4. The average Bonchev–Trinajstić information content (AvgIpc) is 2.50. The number of halogens is 1. The van der Waals surface area contributed by atoms with Crippen molar-refractivity contribution in [3.05, 3.63) is 0 Å².